The van der Waals surface area contributed by atoms with E-state index >= 15 is 0 Å². The molecule has 2 aliphatic rings. The van der Waals surface area contributed by atoms with E-state index in [1.807, 2.05) is 30.3 Å². The summed E-state index contributed by atoms with van der Waals surface area (Å²) in [7, 11) is 0. The number of hydrogen-bond acceptors (Lipinski definition) is 4. The Morgan fingerprint density at radius 2 is 1.14 bits per heavy atom. The third-order valence-corrected chi connectivity index (χ3v) is 14.9. The van der Waals surface area contributed by atoms with Gasteiger partial charge in [0.15, 0.2) is 0 Å². The molecule has 0 bridgehead atoms. The van der Waals surface area contributed by atoms with Gasteiger partial charge >= 0.3 is 350 Å². The summed E-state index contributed by atoms with van der Waals surface area (Å²) in [5.74, 6) is 1.79. The van der Waals surface area contributed by atoms with E-state index in [1.165, 1.54) is 33.3 Å². The van der Waals surface area contributed by atoms with Gasteiger partial charge in [-0.2, -0.15) is 12.1 Å². The van der Waals surface area contributed by atoms with Gasteiger partial charge in [0.1, 0.15) is 0 Å². The van der Waals surface area contributed by atoms with E-state index in [1.54, 1.807) is 0 Å². The second kappa shape index (κ2) is 17.6. The van der Waals surface area contributed by atoms with Crippen molar-refractivity contribution in [3.8, 4) is 67.5 Å². The van der Waals surface area contributed by atoms with Crippen molar-refractivity contribution in [1.82, 2.24) is 14.1 Å². The van der Waals surface area contributed by atoms with E-state index in [2.05, 4.69) is 265 Å². The Hall–Kier alpha value is -8.25. The Morgan fingerprint density at radius 1 is 0.514 bits per heavy atom. The third-order valence-electron chi connectivity index (χ3n) is 13.9. The number of aromatic nitrogens is 3. The van der Waals surface area contributed by atoms with Crippen molar-refractivity contribution in [3.63, 3.8) is 0 Å². The number of fused-ring (bicyclic) bond motifs is 9. The standard InChI is InChI=1S/C64H46BN5O.Pt/c1-64(2,3)48-40-53(45-23-8-5-9-24-45)63(54(41-48)47-26-18-25-46(39-47)44-21-6-4-7-22-44)68-43-67(57-33-14-15-34-58(57)68)49-27-19-28-50(42-49)71-62-38-20-37-61(66-62)70-60-36-17-16-35-59(60)69-56-32-13-11-30-52(56)51-29-10-12-31-55(51)65(69)70;/h4-35,37-41H,1-3H3;/q-2;. The molecule has 8 heteroatoms. The van der Waals surface area contributed by atoms with Crippen LogP contribution in [0, 0.1) is 15.9 Å². The first-order valence-corrected chi connectivity index (χ1v) is 25.5. The predicted octanol–water partition coefficient (Wildman–Crippen LogP) is 15.3. The molecule has 6 nitrogen and oxygen atoms in total. The molecule has 0 amide bonds. The molecule has 348 valence electrons. The number of pyridine rings is 1. The summed E-state index contributed by atoms with van der Waals surface area (Å²) >= 11 is 2.51. The SMILES string of the molecule is CC(C)(C)c1cc(-c2ccccc2)c(-n2[c](=[Pt])n(-c3[c-]c(Oc4cccc(N5B6c7ccccc7-c7ccccc7N6c6ccc[c-]c65)n4)ccc3)c3ccccc32)c(-c2cccc(-c3ccccc3)c2)c1. The molecule has 0 spiro atoms. The van der Waals surface area contributed by atoms with Crippen LogP contribution in [0.25, 0.3) is 66.9 Å². The number of nitrogens with zero attached hydrogens (tertiary/aromatic N) is 5. The molecule has 0 saturated carbocycles. The summed E-state index contributed by atoms with van der Waals surface area (Å²) in [5, 5.41) is 0. The molecule has 11 aromatic rings. The molecule has 0 N–H and O–H groups in total. The fraction of sp³-hybridized carbons (Fsp3) is 0.0625. The second-order valence-corrected chi connectivity index (χ2v) is 20.4. The van der Waals surface area contributed by atoms with Gasteiger partial charge in [0.25, 0.3) is 0 Å². The van der Waals surface area contributed by atoms with Gasteiger partial charge in [-0.1, -0.05) is 42.5 Å². The van der Waals surface area contributed by atoms with Crippen LogP contribution in [-0.4, -0.2) is 21.1 Å². The van der Waals surface area contributed by atoms with Crippen molar-refractivity contribution in [2.75, 3.05) is 9.62 Å². The zero-order valence-electron chi connectivity index (χ0n) is 39.9. The fourth-order valence-electron chi connectivity index (χ4n) is 10.6. The van der Waals surface area contributed by atoms with E-state index in [9.17, 15) is 0 Å². The van der Waals surface area contributed by atoms with Crippen LogP contribution in [0.2, 0.25) is 0 Å². The molecular weight excluding hydrogens is 1060 g/mol. The number of benzene rings is 9. The van der Waals surface area contributed by atoms with Crippen molar-refractivity contribution >= 4 is 46.4 Å². The molecule has 2 aliphatic heterocycles. The zero-order chi connectivity index (χ0) is 48.5. The van der Waals surface area contributed by atoms with Crippen molar-refractivity contribution in [2.45, 2.75) is 26.2 Å². The predicted molar refractivity (Wildman–Crippen MR) is 291 cm³/mol. The Kier molecular flexibility index (Phi) is 10.7. The quantitative estimate of drug-likeness (QED) is 0.112. The van der Waals surface area contributed by atoms with Crippen LogP contribution in [0.15, 0.2) is 224 Å². The summed E-state index contributed by atoms with van der Waals surface area (Å²) in [4.78, 5) is 9.93. The van der Waals surface area contributed by atoms with Gasteiger partial charge in [-0.15, -0.1) is 6.07 Å². The van der Waals surface area contributed by atoms with Crippen molar-refractivity contribution in [1.29, 1.82) is 0 Å². The van der Waals surface area contributed by atoms with Crippen LogP contribution in [0.4, 0.5) is 22.9 Å². The minimum atomic E-state index is -0.168. The van der Waals surface area contributed by atoms with Crippen LogP contribution in [0.1, 0.15) is 26.3 Å². The number of ether oxygens (including phenoxy) is 1. The Bertz CT molecular complexity index is 3950. The number of para-hydroxylation sites is 4. The molecule has 0 radical (unpaired) electrons. The molecule has 4 heterocycles. The molecule has 2 aromatic heterocycles. The van der Waals surface area contributed by atoms with Crippen molar-refractivity contribution in [2.24, 2.45) is 0 Å². The molecule has 13 rings (SSSR count). The first-order valence-electron chi connectivity index (χ1n) is 24.3. The molecule has 9 aromatic carbocycles. The molecule has 0 saturated heterocycles. The number of imidazole rings is 1. The Labute approximate surface area is 431 Å². The van der Waals surface area contributed by atoms with Gasteiger partial charge in [0.2, 0.25) is 0 Å². The first kappa shape index (κ1) is 43.7. The maximum atomic E-state index is 6.74. The van der Waals surface area contributed by atoms with E-state index in [-0.39, 0.29) is 12.4 Å². The van der Waals surface area contributed by atoms with E-state index in [0.29, 0.717) is 11.6 Å². The van der Waals surface area contributed by atoms with Gasteiger partial charge in [0.05, 0.1) is 0 Å². The minimum absolute atomic E-state index is 0.116. The van der Waals surface area contributed by atoms with Crippen LogP contribution >= 0.6 is 0 Å². The summed E-state index contributed by atoms with van der Waals surface area (Å²) in [6.07, 6.45) is 0. The molecule has 0 atom stereocenters. The van der Waals surface area contributed by atoms with Gasteiger partial charge in [-0.05, 0) is 11.6 Å². The third kappa shape index (κ3) is 7.38. The average Bonchev–Trinajstić information content (AvgIpc) is 3.93. The second-order valence-electron chi connectivity index (χ2n) is 19.3. The monoisotopic (exact) mass is 1110 g/mol. The summed E-state index contributed by atoms with van der Waals surface area (Å²) in [6, 6.07) is 86.8. The zero-order valence-corrected chi connectivity index (χ0v) is 42.2. The summed E-state index contributed by atoms with van der Waals surface area (Å²) in [5.41, 5.74) is 19.0. The number of anilines is 4. The van der Waals surface area contributed by atoms with E-state index in [0.717, 1.165) is 71.3 Å². The van der Waals surface area contributed by atoms with Gasteiger partial charge in [0, 0.05) is 11.3 Å². The van der Waals surface area contributed by atoms with E-state index < -0.39 is 0 Å². The molecule has 0 unspecified atom stereocenters. The Balaban J connectivity index is 0.932. The van der Waals surface area contributed by atoms with Gasteiger partial charge in [-0.25, -0.2) is 0 Å². The van der Waals surface area contributed by atoms with Crippen molar-refractivity contribution < 1.29 is 24.1 Å². The average molecular weight is 1110 g/mol. The first-order chi connectivity index (χ1) is 35.3. The van der Waals surface area contributed by atoms with Crippen LogP contribution in [0.3, 0.4) is 0 Å². The molecular formula is C64H46BN5OPt-2. The van der Waals surface area contributed by atoms with Crippen molar-refractivity contribution in [3.05, 3.63) is 246 Å². The molecule has 0 fully saturated rings. The van der Waals surface area contributed by atoms with Gasteiger partial charge in [-0.3, -0.25) is 0 Å². The number of rotatable bonds is 8. The Morgan fingerprint density at radius 3 is 1.93 bits per heavy atom. The maximum absolute atomic E-state index is 6.74. The van der Waals surface area contributed by atoms with E-state index in [4.69, 9.17) is 9.72 Å². The summed E-state index contributed by atoms with van der Waals surface area (Å²) in [6.45, 7) is 6.73. The fourth-order valence-corrected chi connectivity index (χ4v) is 11.7. The normalized spacial score (nSPS) is 12.7. The molecule has 0 aliphatic carbocycles. The van der Waals surface area contributed by atoms with Crippen LogP contribution < -0.4 is 19.8 Å². The topological polar surface area (TPSA) is 38.5 Å². The summed E-state index contributed by atoms with van der Waals surface area (Å²) < 4.78 is 12.5. The van der Waals surface area contributed by atoms with Gasteiger partial charge < -0.3 is 0 Å². The molecule has 72 heavy (non-hydrogen) atoms. The van der Waals surface area contributed by atoms with Crippen LogP contribution in [0.5, 0.6) is 11.6 Å². The van der Waals surface area contributed by atoms with Crippen LogP contribution in [-0.2, 0) is 24.8 Å². The number of hydrogen-bond donors (Lipinski definition) is 0.